The van der Waals surface area contributed by atoms with Crippen LogP contribution in [0.1, 0.15) is 73.6 Å². The van der Waals surface area contributed by atoms with Crippen LogP contribution in [0.3, 0.4) is 0 Å². The number of ether oxygens (including phenoxy) is 1. The van der Waals surface area contributed by atoms with E-state index in [0.29, 0.717) is 44.1 Å². The van der Waals surface area contributed by atoms with Crippen LogP contribution >= 0.6 is 11.6 Å². The van der Waals surface area contributed by atoms with Crippen LogP contribution in [0.4, 0.5) is 0 Å². The van der Waals surface area contributed by atoms with E-state index in [4.69, 9.17) is 16.3 Å². The number of fused-ring (bicyclic) bond motifs is 1. The normalized spacial score (nSPS) is 15.7. The second-order valence-electron chi connectivity index (χ2n) is 10.4. The first-order valence-corrected chi connectivity index (χ1v) is 15.7. The van der Waals surface area contributed by atoms with E-state index in [-0.39, 0.29) is 5.75 Å². The van der Waals surface area contributed by atoms with Gasteiger partial charge in [-0.3, -0.25) is 0 Å². The molecule has 1 atom stereocenters. The number of aliphatic hydroxyl groups is 1. The minimum Gasteiger partial charge on any atom is -0.494 e. The third-order valence-corrected chi connectivity index (χ3v) is 9.29. The number of aryl methyl sites for hydroxylation is 3. The van der Waals surface area contributed by atoms with Crippen molar-refractivity contribution in [1.29, 1.82) is 0 Å². The van der Waals surface area contributed by atoms with Crippen LogP contribution in [0.25, 0.3) is 10.9 Å². The molecule has 2 aromatic carbocycles. The van der Waals surface area contributed by atoms with Gasteiger partial charge in [-0.1, -0.05) is 49.1 Å². The minimum atomic E-state index is -3.65. The highest BCUT2D eigenvalue weighted by Gasteiger charge is 2.23. The van der Waals surface area contributed by atoms with Gasteiger partial charge in [-0.05, 0) is 87.4 Å². The Kier molecular flexibility index (Phi) is 10.1. The maximum Gasteiger partial charge on any atom is 0.214 e. The van der Waals surface area contributed by atoms with Gasteiger partial charge in [0.05, 0.1) is 18.1 Å². The first kappa shape index (κ1) is 28.9. The molecule has 0 amide bonds. The van der Waals surface area contributed by atoms with E-state index in [1.807, 2.05) is 50.2 Å². The number of halogens is 1. The van der Waals surface area contributed by atoms with Crippen molar-refractivity contribution in [3.05, 3.63) is 63.8 Å². The van der Waals surface area contributed by atoms with Gasteiger partial charge in [-0.15, -0.1) is 0 Å². The Bertz CT molecular complexity index is 1300. The molecular formula is C29H40ClN3O4S. The Morgan fingerprint density at radius 2 is 1.82 bits per heavy atom. The predicted octanol–water partition coefficient (Wildman–Crippen LogP) is 5.67. The third-order valence-electron chi connectivity index (χ3n) is 7.29. The molecule has 0 bridgehead atoms. The fourth-order valence-electron chi connectivity index (χ4n) is 5.32. The SMILES string of the molecule is Cc1cc(OCCCc2c(C(O)NS(=O)(=O)CCCNC3CCCCC3)[nH]c3ccccc23)cc(C)c1Cl. The number of aromatic nitrogens is 1. The van der Waals surface area contributed by atoms with Crippen molar-refractivity contribution >= 4 is 32.5 Å². The molecule has 7 nitrogen and oxygen atoms in total. The Balaban J connectivity index is 1.35. The van der Waals surface area contributed by atoms with Gasteiger partial charge >= 0.3 is 0 Å². The quantitative estimate of drug-likeness (QED) is 0.159. The molecule has 1 fully saturated rings. The summed E-state index contributed by atoms with van der Waals surface area (Å²) >= 11 is 6.26. The zero-order valence-corrected chi connectivity index (χ0v) is 23.9. The second-order valence-corrected chi connectivity index (χ2v) is 12.6. The van der Waals surface area contributed by atoms with Gasteiger partial charge in [-0.25, -0.2) is 8.42 Å². The molecule has 1 unspecified atom stereocenters. The lowest BCUT2D eigenvalue weighted by atomic mass is 9.95. The number of rotatable bonds is 13. The van der Waals surface area contributed by atoms with Gasteiger partial charge in [-0.2, -0.15) is 4.72 Å². The summed E-state index contributed by atoms with van der Waals surface area (Å²) in [6.07, 6.45) is 6.56. The first-order valence-electron chi connectivity index (χ1n) is 13.6. The highest BCUT2D eigenvalue weighted by atomic mass is 35.5. The van der Waals surface area contributed by atoms with Crippen molar-refractivity contribution in [2.45, 2.75) is 77.5 Å². The van der Waals surface area contributed by atoms with Crippen molar-refractivity contribution in [2.24, 2.45) is 0 Å². The molecule has 0 radical (unpaired) electrons. The number of para-hydroxylation sites is 1. The van der Waals surface area contributed by atoms with E-state index >= 15 is 0 Å². The van der Waals surface area contributed by atoms with Crippen LogP contribution in [-0.2, 0) is 16.4 Å². The van der Waals surface area contributed by atoms with Gasteiger partial charge in [0.25, 0.3) is 0 Å². The molecule has 0 spiro atoms. The Labute approximate surface area is 231 Å². The Morgan fingerprint density at radius 3 is 2.55 bits per heavy atom. The molecule has 1 aromatic heterocycles. The fraction of sp³-hybridized carbons (Fsp3) is 0.517. The number of nitrogens with one attached hydrogen (secondary N) is 3. The van der Waals surface area contributed by atoms with Crippen LogP contribution in [0.2, 0.25) is 5.02 Å². The molecule has 4 N–H and O–H groups in total. The molecule has 9 heteroatoms. The number of hydrogen-bond acceptors (Lipinski definition) is 5. The van der Waals surface area contributed by atoms with Gasteiger partial charge in [0.1, 0.15) is 5.75 Å². The number of sulfonamides is 1. The van der Waals surface area contributed by atoms with E-state index in [2.05, 4.69) is 15.0 Å². The number of benzene rings is 2. The van der Waals surface area contributed by atoms with Crippen LogP contribution < -0.4 is 14.8 Å². The molecular weight excluding hydrogens is 522 g/mol. The highest BCUT2D eigenvalue weighted by Crippen LogP contribution is 2.29. The molecule has 0 aliphatic heterocycles. The smallest absolute Gasteiger partial charge is 0.214 e. The van der Waals surface area contributed by atoms with Crippen molar-refractivity contribution in [3.8, 4) is 5.75 Å². The van der Waals surface area contributed by atoms with E-state index in [1.165, 1.54) is 19.3 Å². The average molecular weight is 562 g/mol. The predicted molar refractivity (Wildman–Crippen MR) is 154 cm³/mol. The largest absolute Gasteiger partial charge is 0.494 e. The minimum absolute atomic E-state index is 0.0346. The molecule has 38 heavy (non-hydrogen) atoms. The van der Waals surface area contributed by atoms with Gasteiger partial charge < -0.3 is 20.1 Å². The summed E-state index contributed by atoms with van der Waals surface area (Å²) in [6, 6.07) is 12.1. The van der Waals surface area contributed by atoms with Crippen LogP contribution in [0.5, 0.6) is 5.75 Å². The van der Waals surface area contributed by atoms with E-state index < -0.39 is 16.3 Å². The fourth-order valence-corrected chi connectivity index (χ4v) is 6.52. The zero-order chi connectivity index (χ0) is 27.1. The van der Waals surface area contributed by atoms with Gasteiger partial charge in [0.2, 0.25) is 10.0 Å². The zero-order valence-electron chi connectivity index (χ0n) is 22.4. The standard InChI is InChI=1S/C29H40ClN3O4S/c1-20-18-23(19-21(2)27(20)30)37-16-8-13-25-24-12-6-7-14-26(24)32-28(25)29(34)33-38(35,36)17-9-15-31-22-10-4-3-5-11-22/h6-7,12,14,18-19,22,29,31-34H,3-5,8-11,13,15-17H2,1-2H3. The monoisotopic (exact) mass is 561 g/mol. The molecule has 4 rings (SSSR count). The Hall–Kier alpha value is -2.10. The lowest BCUT2D eigenvalue weighted by Gasteiger charge is -2.22. The Morgan fingerprint density at radius 1 is 1.11 bits per heavy atom. The number of hydrogen-bond donors (Lipinski definition) is 4. The first-order chi connectivity index (χ1) is 18.2. The van der Waals surface area contributed by atoms with E-state index in [0.717, 1.165) is 51.2 Å². The molecule has 1 saturated carbocycles. The maximum atomic E-state index is 12.7. The summed E-state index contributed by atoms with van der Waals surface area (Å²) < 4.78 is 33.9. The van der Waals surface area contributed by atoms with Crippen molar-refractivity contribution in [2.75, 3.05) is 18.9 Å². The number of aromatic amines is 1. The summed E-state index contributed by atoms with van der Waals surface area (Å²) in [7, 11) is -3.65. The van der Waals surface area contributed by atoms with Crippen molar-refractivity contribution in [1.82, 2.24) is 15.0 Å². The summed E-state index contributed by atoms with van der Waals surface area (Å²) in [5.41, 5.74) is 4.17. The lowest BCUT2D eigenvalue weighted by Crippen LogP contribution is -2.35. The van der Waals surface area contributed by atoms with E-state index in [9.17, 15) is 13.5 Å². The summed E-state index contributed by atoms with van der Waals surface area (Å²) in [4.78, 5) is 3.23. The lowest BCUT2D eigenvalue weighted by molar-refractivity contribution is 0.161. The summed E-state index contributed by atoms with van der Waals surface area (Å²) in [6.45, 7) is 5.05. The topological polar surface area (TPSA) is 103 Å². The van der Waals surface area contributed by atoms with Crippen molar-refractivity contribution < 1.29 is 18.3 Å². The van der Waals surface area contributed by atoms with Crippen molar-refractivity contribution in [3.63, 3.8) is 0 Å². The summed E-state index contributed by atoms with van der Waals surface area (Å²) in [5.74, 6) is 0.738. The second kappa shape index (κ2) is 13.3. The van der Waals surface area contributed by atoms with E-state index in [1.54, 1.807) is 0 Å². The summed E-state index contributed by atoms with van der Waals surface area (Å²) in [5, 5.41) is 16.1. The molecule has 1 aliphatic rings. The van der Waals surface area contributed by atoms with Gasteiger partial charge in [0.15, 0.2) is 6.23 Å². The molecule has 1 heterocycles. The van der Waals surface area contributed by atoms with Crippen LogP contribution in [0, 0.1) is 13.8 Å². The van der Waals surface area contributed by atoms with Crippen LogP contribution in [-0.4, -0.2) is 43.5 Å². The molecule has 0 saturated heterocycles. The number of H-pyrrole nitrogens is 1. The van der Waals surface area contributed by atoms with Crippen LogP contribution in [0.15, 0.2) is 36.4 Å². The molecule has 1 aliphatic carbocycles. The molecule has 208 valence electrons. The van der Waals surface area contributed by atoms with Gasteiger partial charge in [0, 0.05) is 22.0 Å². The number of aliphatic hydroxyl groups excluding tert-OH is 1. The third kappa shape index (κ3) is 7.73. The maximum absolute atomic E-state index is 12.7. The molecule has 3 aromatic rings. The average Bonchev–Trinajstić information content (AvgIpc) is 3.27. The highest BCUT2D eigenvalue weighted by molar-refractivity contribution is 7.89.